The minimum atomic E-state index is 0.870. The molecule has 1 aromatic heterocycles. The highest BCUT2D eigenvalue weighted by Gasteiger charge is 2.08. The van der Waals surface area contributed by atoms with Gasteiger partial charge in [-0.25, -0.2) is 0 Å². The molecule has 0 bridgehead atoms. The van der Waals surface area contributed by atoms with Crippen molar-refractivity contribution in [3.05, 3.63) is 15.5 Å². The molecular weight excluding hydrogens is 154 g/mol. The minimum absolute atomic E-state index is 0.870. The summed E-state index contributed by atoms with van der Waals surface area (Å²) in [6.07, 6.45) is 2.06. The summed E-state index contributed by atoms with van der Waals surface area (Å²) in [6.45, 7) is 5.10. The van der Waals surface area contributed by atoms with Gasteiger partial charge in [0.15, 0.2) is 6.20 Å². The molecule has 0 spiro atoms. The van der Waals surface area contributed by atoms with E-state index in [1.807, 2.05) is 4.57 Å². The fourth-order valence-electron chi connectivity index (χ4n) is 0.704. The van der Waals surface area contributed by atoms with Crippen LogP contribution >= 0.6 is 22.9 Å². The van der Waals surface area contributed by atoms with Crippen LogP contribution in [0.25, 0.3) is 0 Å². The first-order valence-corrected chi connectivity index (χ1v) is 4.09. The van der Waals surface area contributed by atoms with Gasteiger partial charge in [0.1, 0.15) is 6.54 Å². The molecule has 0 unspecified atom stereocenters. The number of halogens is 1. The van der Waals surface area contributed by atoms with E-state index in [-0.39, 0.29) is 0 Å². The number of rotatable bonds is 1. The van der Waals surface area contributed by atoms with Crippen LogP contribution in [-0.2, 0) is 6.54 Å². The van der Waals surface area contributed by atoms with Gasteiger partial charge in [-0.05, 0) is 13.8 Å². The van der Waals surface area contributed by atoms with Crippen molar-refractivity contribution in [3.63, 3.8) is 0 Å². The third-order valence-corrected chi connectivity index (χ3v) is 2.43. The minimum Gasteiger partial charge on any atom is -0.179 e. The SMILES string of the molecule is CC[n+]1cc(C)sc1Cl. The molecule has 0 aliphatic carbocycles. The van der Waals surface area contributed by atoms with Crippen LogP contribution in [0.5, 0.6) is 0 Å². The summed E-state index contributed by atoms with van der Waals surface area (Å²) in [4.78, 5) is 1.27. The highest BCUT2D eigenvalue weighted by Crippen LogP contribution is 2.14. The zero-order valence-electron chi connectivity index (χ0n) is 5.52. The molecule has 1 aromatic rings. The molecule has 0 fully saturated rings. The average Bonchev–Trinajstić information content (AvgIpc) is 2.10. The first-order valence-electron chi connectivity index (χ1n) is 2.89. The quantitative estimate of drug-likeness (QED) is 0.557. The van der Waals surface area contributed by atoms with Gasteiger partial charge < -0.3 is 0 Å². The molecule has 0 saturated heterocycles. The summed E-state index contributed by atoms with van der Waals surface area (Å²) in [7, 11) is 0. The van der Waals surface area contributed by atoms with Crippen LogP contribution in [0, 0.1) is 6.92 Å². The van der Waals surface area contributed by atoms with Gasteiger partial charge in [0.05, 0.1) is 4.88 Å². The van der Waals surface area contributed by atoms with E-state index in [1.165, 1.54) is 4.88 Å². The van der Waals surface area contributed by atoms with Crippen molar-refractivity contribution in [1.82, 2.24) is 0 Å². The van der Waals surface area contributed by atoms with E-state index in [4.69, 9.17) is 11.6 Å². The fraction of sp³-hybridized carbons (Fsp3) is 0.500. The van der Waals surface area contributed by atoms with Crippen molar-refractivity contribution in [2.45, 2.75) is 20.4 Å². The lowest BCUT2D eigenvalue weighted by atomic mass is 10.6. The van der Waals surface area contributed by atoms with Gasteiger partial charge in [-0.3, -0.25) is 0 Å². The maximum atomic E-state index is 5.83. The summed E-state index contributed by atoms with van der Waals surface area (Å²) in [5.74, 6) is 0. The van der Waals surface area contributed by atoms with E-state index in [1.54, 1.807) is 11.3 Å². The number of aromatic nitrogens is 1. The molecule has 3 heteroatoms. The molecule has 0 N–H and O–H groups in total. The van der Waals surface area contributed by atoms with Gasteiger partial charge in [-0.2, -0.15) is 4.57 Å². The smallest absolute Gasteiger partial charge is 0.179 e. The Hall–Kier alpha value is -0.0800. The monoisotopic (exact) mass is 162 g/mol. The van der Waals surface area contributed by atoms with E-state index >= 15 is 0 Å². The normalized spacial score (nSPS) is 10.1. The van der Waals surface area contributed by atoms with Crippen LogP contribution < -0.4 is 4.57 Å². The van der Waals surface area contributed by atoms with Gasteiger partial charge in [-0.15, -0.1) is 0 Å². The van der Waals surface area contributed by atoms with Crippen LogP contribution in [0.15, 0.2) is 6.20 Å². The molecule has 50 valence electrons. The van der Waals surface area contributed by atoms with Crippen LogP contribution in [0.3, 0.4) is 0 Å². The molecular formula is C6H9ClNS+. The maximum Gasteiger partial charge on any atom is 0.333 e. The summed E-state index contributed by atoms with van der Waals surface area (Å²) in [5.41, 5.74) is 0. The average molecular weight is 163 g/mol. The highest BCUT2D eigenvalue weighted by molar-refractivity contribution is 7.15. The number of nitrogens with zero attached hydrogens (tertiary/aromatic N) is 1. The van der Waals surface area contributed by atoms with Crippen LogP contribution in [0.4, 0.5) is 0 Å². The van der Waals surface area contributed by atoms with E-state index in [0.29, 0.717) is 0 Å². The van der Waals surface area contributed by atoms with Crippen LogP contribution in [-0.4, -0.2) is 0 Å². The Kier molecular flexibility index (Phi) is 2.09. The topological polar surface area (TPSA) is 3.88 Å². The second kappa shape index (κ2) is 2.67. The Bertz CT molecular complexity index is 207. The lowest BCUT2D eigenvalue weighted by Gasteiger charge is -1.80. The predicted molar refractivity (Wildman–Crippen MR) is 39.9 cm³/mol. The van der Waals surface area contributed by atoms with Gasteiger partial charge in [0.2, 0.25) is 0 Å². The van der Waals surface area contributed by atoms with Crippen molar-refractivity contribution in [1.29, 1.82) is 0 Å². The van der Waals surface area contributed by atoms with E-state index < -0.39 is 0 Å². The zero-order valence-corrected chi connectivity index (χ0v) is 7.09. The van der Waals surface area contributed by atoms with Crippen molar-refractivity contribution < 1.29 is 4.57 Å². The lowest BCUT2D eigenvalue weighted by molar-refractivity contribution is -0.686. The van der Waals surface area contributed by atoms with Gasteiger partial charge >= 0.3 is 4.47 Å². The maximum absolute atomic E-state index is 5.83. The number of hydrogen-bond donors (Lipinski definition) is 0. The lowest BCUT2D eigenvalue weighted by Crippen LogP contribution is -2.29. The second-order valence-electron chi connectivity index (χ2n) is 1.88. The standard InChI is InChI=1S/C6H9ClNS/c1-3-8-4-5(2)9-6(8)7/h4H,3H2,1-2H3/q+1. The Morgan fingerprint density at radius 2 is 2.44 bits per heavy atom. The molecule has 0 aliphatic heterocycles. The molecule has 1 rings (SSSR count). The second-order valence-corrected chi connectivity index (χ2v) is 3.70. The predicted octanol–water partition coefficient (Wildman–Crippen LogP) is 2.02. The highest BCUT2D eigenvalue weighted by atomic mass is 35.5. The van der Waals surface area contributed by atoms with Gasteiger partial charge in [-0.1, -0.05) is 11.3 Å². The Morgan fingerprint density at radius 1 is 1.78 bits per heavy atom. The van der Waals surface area contributed by atoms with Crippen molar-refractivity contribution in [2.75, 3.05) is 0 Å². The summed E-state index contributed by atoms with van der Waals surface area (Å²) >= 11 is 7.45. The van der Waals surface area contributed by atoms with Crippen molar-refractivity contribution >= 4 is 22.9 Å². The zero-order chi connectivity index (χ0) is 6.85. The molecule has 0 aromatic carbocycles. The number of thiazole rings is 1. The summed E-state index contributed by atoms with van der Waals surface area (Å²) < 4.78 is 2.90. The van der Waals surface area contributed by atoms with Crippen LogP contribution in [0.2, 0.25) is 4.47 Å². The van der Waals surface area contributed by atoms with Gasteiger partial charge in [0, 0.05) is 11.6 Å². The van der Waals surface area contributed by atoms with Crippen LogP contribution in [0.1, 0.15) is 11.8 Å². The third-order valence-electron chi connectivity index (χ3n) is 1.15. The number of aryl methyl sites for hydroxylation is 2. The van der Waals surface area contributed by atoms with Crippen molar-refractivity contribution in [3.8, 4) is 0 Å². The van der Waals surface area contributed by atoms with Crippen molar-refractivity contribution in [2.24, 2.45) is 0 Å². The largest absolute Gasteiger partial charge is 0.333 e. The first kappa shape index (κ1) is 7.03. The first-order chi connectivity index (χ1) is 4.24. The molecule has 1 nitrogen and oxygen atoms in total. The Balaban J connectivity index is 3.01. The number of hydrogen-bond acceptors (Lipinski definition) is 1. The molecule has 0 amide bonds. The summed E-state index contributed by atoms with van der Waals surface area (Å²) in [5, 5.41) is 0. The molecule has 0 saturated carbocycles. The Labute approximate surface area is 63.9 Å². The Morgan fingerprint density at radius 3 is 2.67 bits per heavy atom. The van der Waals surface area contributed by atoms with E-state index in [0.717, 1.165) is 11.0 Å². The van der Waals surface area contributed by atoms with E-state index in [9.17, 15) is 0 Å². The third kappa shape index (κ3) is 1.43. The molecule has 9 heavy (non-hydrogen) atoms. The molecule has 0 radical (unpaired) electrons. The van der Waals surface area contributed by atoms with Gasteiger partial charge in [0.25, 0.3) is 0 Å². The molecule has 0 aliphatic rings. The van der Waals surface area contributed by atoms with E-state index in [2.05, 4.69) is 20.0 Å². The fourth-order valence-corrected chi connectivity index (χ4v) is 1.98. The summed E-state index contributed by atoms with van der Waals surface area (Å²) in [6, 6.07) is 0. The molecule has 1 heterocycles. The molecule has 0 atom stereocenters.